The van der Waals surface area contributed by atoms with Gasteiger partial charge < -0.3 is 0 Å². The first-order chi connectivity index (χ1) is 6.54. The van der Waals surface area contributed by atoms with Gasteiger partial charge in [-0.05, 0) is 29.3 Å². The molecule has 14 heavy (non-hydrogen) atoms. The third-order valence-corrected chi connectivity index (χ3v) is 1.99. The Morgan fingerprint density at radius 1 is 1.50 bits per heavy atom. The van der Waals surface area contributed by atoms with E-state index in [1.165, 1.54) is 6.07 Å². The molecule has 1 heterocycles. The highest BCUT2D eigenvalue weighted by molar-refractivity contribution is 6.67. The predicted molar refractivity (Wildman–Crippen MR) is 48.9 cm³/mol. The van der Waals surface area contributed by atoms with Gasteiger partial charge in [-0.1, -0.05) is 0 Å². The third-order valence-electron chi connectivity index (χ3n) is 1.48. The molecule has 0 unspecified atom stereocenters. The summed E-state index contributed by atoms with van der Waals surface area (Å²) in [6.45, 7) is 0. The largest absolute Gasteiger partial charge is 0.280 e. The van der Waals surface area contributed by atoms with Crippen molar-refractivity contribution in [3.05, 3.63) is 29.1 Å². The van der Waals surface area contributed by atoms with E-state index >= 15 is 0 Å². The van der Waals surface area contributed by atoms with E-state index < -0.39 is 17.4 Å². The molecule has 0 radical (unpaired) electrons. The molecule has 0 aliphatic heterocycles. The lowest BCUT2D eigenvalue weighted by Gasteiger charge is -2.03. The van der Waals surface area contributed by atoms with Gasteiger partial charge in [-0.2, -0.15) is 0 Å². The van der Waals surface area contributed by atoms with Crippen LogP contribution >= 0.6 is 23.2 Å². The molecule has 1 rings (SSSR count). The van der Waals surface area contributed by atoms with Crippen molar-refractivity contribution in [3.8, 4) is 0 Å². The van der Waals surface area contributed by atoms with E-state index in [0.717, 1.165) is 6.07 Å². The number of halogens is 4. The Kier molecular flexibility index (Phi) is 3.77. The molecular weight excluding hydrogens is 235 g/mol. The standard InChI is InChI=1S/C8H5Cl2F2NO/c9-3-4-1-5(7(10)14)13-6(2-4)8(11)12/h1-2,8H,3H2. The molecule has 0 saturated heterocycles. The predicted octanol–water partition coefficient (Wildman–Crippen LogP) is 3.14. The van der Waals surface area contributed by atoms with E-state index in [1.54, 1.807) is 0 Å². The monoisotopic (exact) mass is 239 g/mol. The number of aromatic nitrogens is 1. The molecular formula is C8H5Cl2F2NO. The minimum Gasteiger partial charge on any atom is -0.274 e. The number of pyridine rings is 1. The zero-order chi connectivity index (χ0) is 10.7. The van der Waals surface area contributed by atoms with Crippen LogP contribution in [0.3, 0.4) is 0 Å². The Hall–Kier alpha value is -0.740. The lowest BCUT2D eigenvalue weighted by Crippen LogP contribution is -2.01. The molecule has 1 aromatic heterocycles. The highest BCUT2D eigenvalue weighted by Crippen LogP contribution is 2.20. The van der Waals surface area contributed by atoms with Gasteiger partial charge >= 0.3 is 0 Å². The Morgan fingerprint density at radius 3 is 2.57 bits per heavy atom. The molecule has 0 aliphatic rings. The smallest absolute Gasteiger partial charge is 0.274 e. The van der Waals surface area contributed by atoms with Crippen molar-refractivity contribution >= 4 is 28.4 Å². The summed E-state index contributed by atoms with van der Waals surface area (Å²) < 4.78 is 24.5. The van der Waals surface area contributed by atoms with Gasteiger partial charge in [0.1, 0.15) is 11.4 Å². The van der Waals surface area contributed by atoms with Crippen molar-refractivity contribution in [2.24, 2.45) is 0 Å². The van der Waals surface area contributed by atoms with Gasteiger partial charge in [0.25, 0.3) is 11.7 Å². The van der Waals surface area contributed by atoms with E-state index in [0.29, 0.717) is 5.56 Å². The number of hydrogen-bond acceptors (Lipinski definition) is 2. The quantitative estimate of drug-likeness (QED) is 0.600. The number of hydrogen-bond donors (Lipinski definition) is 0. The molecule has 0 spiro atoms. The van der Waals surface area contributed by atoms with Gasteiger partial charge in [-0.25, -0.2) is 13.8 Å². The zero-order valence-corrected chi connectivity index (χ0v) is 8.32. The van der Waals surface area contributed by atoms with E-state index in [2.05, 4.69) is 4.98 Å². The average Bonchev–Trinajstić information content (AvgIpc) is 2.16. The lowest BCUT2D eigenvalue weighted by molar-refractivity contribution is 0.107. The van der Waals surface area contributed by atoms with Gasteiger partial charge in [0.2, 0.25) is 0 Å². The summed E-state index contributed by atoms with van der Waals surface area (Å²) in [6, 6.07) is 2.43. The fourth-order valence-electron chi connectivity index (χ4n) is 0.900. The molecule has 0 aliphatic carbocycles. The van der Waals surface area contributed by atoms with Crippen LogP contribution in [-0.4, -0.2) is 10.2 Å². The molecule has 0 fully saturated rings. The molecule has 1 aromatic rings. The molecule has 2 nitrogen and oxygen atoms in total. The molecule has 6 heteroatoms. The zero-order valence-electron chi connectivity index (χ0n) is 6.81. The molecule has 0 bridgehead atoms. The summed E-state index contributed by atoms with van der Waals surface area (Å²) >= 11 is 10.6. The first-order valence-electron chi connectivity index (χ1n) is 3.59. The Morgan fingerprint density at radius 2 is 2.14 bits per heavy atom. The van der Waals surface area contributed by atoms with Crippen LogP contribution in [0.5, 0.6) is 0 Å². The topological polar surface area (TPSA) is 30.0 Å². The highest BCUT2D eigenvalue weighted by Gasteiger charge is 2.14. The van der Waals surface area contributed by atoms with Crippen molar-refractivity contribution in [3.63, 3.8) is 0 Å². The summed E-state index contributed by atoms with van der Waals surface area (Å²) in [7, 11) is 0. The second-order valence-electron chi connectivity index (χ2n) is 2.49. The Balaban J connectivity index is 3.20. The summed E-state index contributed by atoms with van der Waals surface area (Å²) in [5.41, 5.74) is -0.312. The van der Waals surface area contributed by atoms with E-state index in [1.807, 2.05) is 0 Å². The van der Waals surface area contributed by atoms with Crippen LogP contribution in [0.2, 0.25) is 0 Å². The van der Waals surface area contributed by atoms with Crippen molar-refractivity contribution < 1.29 is 13.6 Å². The van der Waals surface area contributed by atoms with E-state index in [-0.39, 0.29) is 11.6 Å². The second kappa shape index (κ2) is 4.66. The van der Waals surface area contributed by atoms with Gasteiger partial charge in [0.15, 0.2) is 0 Å². The lowest BCUT2D eigenvalue weighted by atomic mass is 10.2. The van der Waals surface area contributed by atoms with Crippen LogP contribution in [0.25, 0.3) is 0 Å². The maximum absolute atomic E-state index is 12.3. The normalized spacial score (nSPS) is 10.6. The Bertz CT molecular complexity index is 357. The minimum absolute atomic E-state index is 0.0272. The third kappa shape index (κ3) is 2.62. The second-order valence-corrected chi connectivity index (χ2v) is 3.10. The number of carbonyl (C=O) groups excluding carboxylic acids is 1. The number of carbonyl (C=O) groups is 1. The van der Waals surface area contributed by atoms with Crippen molar-refractivity contribution in [2.45, 2.75) is 12.3 Å². The van der Waals surface area contributed by atoms with Crippen LogP contribution in [0.1, 0.15) is 28.2 Å². The van der Waals surface area contributed by atoms with Crippen molar-refractivity contribution in [2.75, 3.05) is 0 Å². The van der Waals surface area contributed by atoms with Crippen LogP contribution < -0.4 is 0 Å². The average molecular weight is 240 g/mol. The molecule has 0 saturated carbocycles. The SMILES string of the molecule is O=C(Cl)c1cc(CCl)cc(C(F)F)n1. The van der Waals surface area contributed by atoms with Gasteiger partial charge in [0.05, 0.1) is 0 Å². The fraction of sp³-hybridized carbons (Fsp3) is 0.250. The van der Waals surface area contributed by atoms with Crippen LogP contribution in [-0.2, 0) is 5.88 Å². The minimum atomic E-state index is -2.74. The molecule has 0 aromatic carbocycles. The molecule has 0 N–H and O–H groups in total. The summed E-state index contributed by atoms with van der Waals surface area (Å²) in [4.78, 5) is 14.1. The van der Waals surface area contributed by atoms with Crippen LogP contribution in [0.4, 0.5) is 8.78 Å². The first kappa shape index (κ1) is 11.3. The van der Waals surface area contributed by atoms with Crippen LogP contribution in [0, 0.1) is 0 Å². The molecule has 76 valence electrons. The van der Waals surface area contributed by atoms with Gasteiger partial charge in [-0.3, -0.25) is 4.79 Å². The van der Waals surface area contributed by atoms with E-state index in [4.69, 9.17) is 23.2 Å². The number of nitrogens with zero attached hydrogens (tertiary/aromatic N) is 1. The summed E-state index contributed by atoms with van der Waals surface area (Å²) in [5.74, 6) is 0.0272. The molecule has 0 amide bonds. The highest BCUT2D eigenvalue weighted by atomic mass is 35.5. The maximum atomic E-state index is 12.3. The van der Waals surface area contributed by atoms with Crippen LogP contribution in [0.15, 0.2) is 12.1 Å². The maximum Gasteiger partial charge on any atom is 0.280 e. The van der Waals surface area contributed by atoms with Gasteiger partial charge in [0, 0.05) is 5.88 Å². The fourth-order valence-corrected chi connectivity index (χ4v) is 1.15. The van der Waals surface area contributed by atoms with E-state index in [9.17, 15) is 13.6 Å². The number of alkyl halides is 3. The van der Waals surface area contributed by atoms with Crippen molar-refractivity contribution in [1.82, 2.24) is 4.98 Å². The number of rotatable bonds is 3. The Labute approximate surface area is 88.8 Å². The molecule has 0 atom stereocenters. The van der Waals surface area contributed by atoms with Gasteiger partial charge in [-0.15, -0.1) is 11.6 Å². The summed E-state index contributed by atoms with van der Waals surface area (Å²) in [5, 5.41) is -0.876. The first-order valence-corrected chi connectivity index (χ1v) is 4.50. The van der Waals surface area contributed by atoms with Crippen molar-refractivity contribution in [1.29, 1.82) is 0 Å². The summed E-state index contributed by atoms with van der Waals surface area (Å²) in [6.07, 6.45) is -2.74.